The van der Waals surface area contributed by atoms with E-state index in [0.717, 1.165) is 26.6 Å². The Bertz CT molecular complexity index is 702. The molecule has 130 valence electrons. The van der Waals surface area contributed by atoms with Crippen molar-refractivity contribution in [2.45, 2.75) is 13.3 Å². The van der Waals surface area contributed by atoms with Crippen LogP contribution < -0.4 is 4.90 Å². The van der Waals surface area contributed by atoms with Crippen LogP contribution in [0.5, 0.6) is 0 Å². The van der Waals surface area contributed by atoms with E-state index in [1.807, 2.05) is 19.1 Å². The molecule has 0 aliphatic carbocycles. The average molecular weight is 463 g/mol. The van der Waals surface area contributed by atoms with Gasteiger partial charge in [-0.1, -0.05) is 22.9 Å². The van der Waals surface area contributed by atoms with Gasteiger partial charge in [-0.2, -0.15) is 0 Å². The van der Waals surface area contributed by atoms with Crippen molar-refractivity contribution in [1.82, 2.24) is 0 Å². The van der Waals surface area contributed by atoms with Crippen molar-refractivity contribution in [2.75, 3.05) is 32.5 Å². The number of methoxy groups -OCH3 is 2. The molecule has 0 spiro atoms. The quantitative estimate of drug-likeness (QED) is 0.640. The lowest BCUT2D eigenvalue weighted by atomic mass is 10.1. The van der Waals surface area contributed by atoms with Gasteiger partial charge in [0.1, 0.15) is 12.4 Å². The third-order valence-electron chi connectivity index (χ3n) is 3.59. The summed E-state index contributed by atoms with van der Waals surface area (Å²) in [6.45, 7) is 2.12. The maximum Gasteiger partial charge on any atom is 0.355 e. The number of esters is 2. The molecule has 1 aromatic rings. The molecule has 1 aliphatic heterocycles. The summed E-state index contributed by atoms with van der Waals surface area (Å²) in [5.74, 6) is -1.23. The van der Waals surface area contributed by atoms with E-state index in [0.29, 0.717) is 0 Å². The normalized spacial score (nSPS) is 14.6. The van der Waals surface area contributed by atoms with E-state index in [-0.39, 0.29) is 24.6 Å². The summed E-state index contributed by atoms with van der Waals surface area (Å²) in [5, 5.41) is 0. The van der Waals surface area contributed by atoms with Gasteiger partial charge in [0, 0.05) is 8.95 Å². The molecule has 0 atom stereocenters. The monoisotopic (exact) mass is 461 g/mol. The van der Waals surface area contributed by atoms with E-state index in [2.05, 4.69) is 31.9 Å². The minimum atomic E-state index is -0.619. The predicted molar refractivity (Wildman–Crippen MR) is 95.6 cm³/mol. The van der Waals surface area contributed by atoms with Crippen molar-refractivity contribution in [3.05, 3.63) is 37.9 Å². The smallest absolute Gasteiger partial charge is 0.355 e. The van der Waals surface area contributed by atoms with E-state index >= 15 is 0 Å². The van der Waals surface area contributed by atoms with Crippen molar-refractivity contribution in [3.63, 3.8) is 0 Å². The van der Waals surface area contributed by atoms with Crippen molar-refractivity contribution in [3.8, 4) is 0 Å². The topological polar surface area (TPSA) is 65.1 Å². The molecule has 0 bridgehead atoms. The van der Waals surface area contributed by atoms with E-state index in [9.17, 15) is 9.59 Å². The van der Waals surface area contributed by atoms with Gasteiger partial charge in [0.2, 0.25) is 0 Å². The second kappa shape index (κ2) is 8.13. The van der Waals surface area contributed by atoms with E-state index < -0.39 is 11.9 Å². The van der Waals surface area contributed by atoms with Crippen LogP contribution in [-0.2, 0) is 30.2 Å². The van der Waals surface area contributed by atoms with E-state index in [1.54, 1.807) is 4.90 Å². The molecular weight excluding hydrogens is 446 g/mol. The highest BCUT2D eigenvalue weighted by molar-refractivity contribution is 9.11. The molecule has 2 rings (SSSR count). The fourth-order valence-corrected chi connectivity index (χ4v) is 4.04. The molecule has 0 aromatic heterocycles. The van der Waals surface area contributed by atoms with E-state index in [1.165, 1.54) is 14.2 Å². The van der Waals surface area contributed by atoms with Crippen LogP contribution in [0.2, 0.25) is 0 Å². The number of anilines is 1. The molecule has 1 aliphatic rings. The number of aryl methyl sites for hydroxylation is 1. The van der Waals surface area contributed by atoms with Gasteiger partial charge in [0.25, 0.3) is 0 Å². The minimum absolute atomic E-state index is 0.0107. The maximum absolute atomic E-state index is 12.3. The van der Waals surface area contributed by atoms with Gasteiger partial charge in [-0.3, -0.25) is 0 Å². The fraction of sp³-hybridized carbons (Fsp3) is 0.375. The van der Waals surface area contributed by atoms with Crippen molar-refractivity contribution in [2.24, 2.45) is 0 Å². The highest BCUT2D eigenvalue weighted by atomic mass is 79.9. The van der Waals surface area contributed by atoms with Gasteiger partial charge >= 0.3 is 11.9 Å². The largest absolute Gasteiger partial charge is 0.466 e. The zero-order valence-corrected chi connectivity index (χ0v) is 16.7. The zero-order chi connectivity index (χ0) is 17.9. The molecule has 1 heterocycles. The summed E-state index contributed by atoms with van der Waals surface area (Å²) >= 11 is 6.99. The summed E-state index contributed by atoms with van der Waals surface area (Å²) in [4.78, 5) is 26.0. The van der Waals surface area contributed by atoms with Gasteiger partial charge in [0.05, 0.1) is 32.1 Å². The number of halogens is 2. The number of carbonyl (C=O) groups excluding carboxylic acids is 2. The third-order valence-corrected chi connectivity index (χ3v) is 4.65. The molecule has 8 heteroatoms. The summed E-state index contributed by atoms with van der Waals surface area (Å²) in [6.07, 6.45) is 0.728. The molecule has 24 heavy (non-hydrogen) atoms. The molecule has 0 radical (unpaired) electrons. The van der Waals surface area contributed by atoms with Gasteiger partial charge in [-0.25, -0.2) is 9.59 Å². The van der Waals surface area contributed by atoms with Crippen LogP contribution in [0, 0.1) is 0 Å². The third kappa shape index (κ3) is 3.65. The number of ether oxygens (including phenoxy) is 3. The first kappa shape index (κ1) is 19.0. The summed E-state index contributed by atoms with van der Waals surface area (Å²) in [6, 6.07) is 3.83. The Morgan fingerprint density at radius 1 is 1.21 bits per heavy atom. The van der Waals surface area contributed by atoms with Gasteiger partial charge in [-0.15, -0.1) is 0 Å². The van der Waals surface area contributed by atoms with Crippen LogP contribution in [0.25, 0.3) is 0 Å². The predicted octanol–water partition coefficient (Wildman–Crippen LogP) is 3.17. The Morgan fingerprint density at radius 3 is 2.46 bits per heavy atom. The number of hydrogen-bond acceptors (Lipinski definition) is 6. The number of benzene rings is 1. The fourth-order valence-electron chi connectivity index (χ4n) is 2.51. The molecule has 1 aromatic carbocycles. The first-order valence-electron chi connectivity index (χ1n) is 7.17. The Labute approximate surface area is 157 Å². The highest BCUT2D eigenvalue weighted by Gasteiger charge is 2.34. The molecule has 0 unspecified atom stereocenters. The van der Waals surface area contributed by atoms with Crippen LogP contribution in [0.15, 0.2) is 32.3 Å². The number of hydrogen-bond donors (Lipinski definition) is 0. The van der Waals surface area contributed by atoms with Gasteiger partial charge < -0.3 is 19.1 Å². The first-order chi connectivity index (χ1) is 11.4. The lowest BCUT2D eigenvalue weighted by Gasteiger charge is -2.33. The molecule has 0 fully saturated rings. The number of carbonyl (C=O) groups is 2. The summed E-state index contributed by atoms with van der Waals surface area (Å²) in [5.41, 5.74) is 2.00. The molecule has 0 saturated heterocycles. The molecule has 0 amide bonds. The van der Waals surface area contributed by atoms with Gasteiger partial charge in [-0.05, 0) is 40.0 Å². The molecule has 0 N–H and O–H groups in total. The molecule has 0 saturated carbocycles. The first-order valence-corrected chi connectivity index (χ1v) is 8.76. The Balaban J connectivity index is 2.68. The summed E-state index contributed by atoms with van der Waals surface area (Å²) in [7, 11) is 2.53. The molecule has 6 nitrogen and oxygen atoms in total. The lowest BCUT2D eigenvalue weighted by Crippen LogP contribution is -2.39. The minimum Gasteiger partial charge on any atom is -0.466 e. The van der Waals surface area contributed by atoms with Crippen LogP contribution >= 0.6 is 31.9 Å². The van der Waals surface area contributed by atoms with Crippen LogP contribution in [-0.4, -0.2) is 39.5 Å². The highest BCUT2D eigenvalue weighted by Crippen LogP contribution is 2.38. The second-order valence-electron chi connectivity index (χ2n) is 4.96. The van der Waals surface area contributed by atoms with Crippen molar-refractivity contribution < 1.29 is 23.8 Å². The zero-order valence-electron chi connectivity index (χ0n) is 13.5. The lowest BCUT2D eigenvalue weighted by molar-refractivity contribution is -0.140. The Morgan fingerprint density at radius 2 is 1.88 bits per heavy atom. The maximum atomic E-state index is 12.3. The Kier molecular flexibility index (Phi) is 6.42. The van der Waals surface area contributed by atoms with Crippen LogP contribution in [0.3, 0.4) is 0 Å². The van der Waals surface area contributed by atoms with Crippen molar-refractivity contribution in [1.29, 1.82) is 0 Å². The SMILES string of the molecule is CCc1cc(Br)cc(Br)c1N1COCC(C(=O)OC)=C1C(=O)OC. The second-order valence-corrected chi connectivity index (χ2v) is 6.73. The van der Waals surface area contributed by atoms with Crippen LogP contribution in [0.1, 0.15) is 12.5 Å². The van der Waals surface area contributed by atoms with E-state index in [4.69, 9.17) is 14.2 Å². The standard InChI is InChI=1S/C16H17Br2NO5/c1-4-9-5-10(17)6-12(18)13(9)19-8-24-7-11(15(20)22-2)14(19)16(21)23-3/h5-6H,4,7-8H2,1-3H3. The number of nitrogens with zero attached hydrogens (tertiary/aromatic N) is 1. The van der Waals surface area contributed by atoms with Gasteiger partial charge in [0.15, 0.2) is 0 Å². The van der Waals surface area contributed by atoms with Crippen LogP contribution in [0.4, 0.5) is 5.69 Å². The summed E-state index contributed by atoms with van der Waals surface area (Å²) < 4.78 is 16.8. The molecular formula is C16H17Br2NO5. The average Bonchev–Trinajstić information content (AvgIpc) is 2.59. The number of rotatable bonds is 4. The van der Waals surface area contributed by atoms with Crippen molar-refractivity contribution >= 4 is 49.5 Å². The Hall–Kier alpha value is -1.38.